The minimum Gasteiger partial charge on any atom is -0.497 e. The zero-order valence-corrected chi connectivity index (χ0v) is 22.2. The van der Waals surface area contributed by atoms with E-state index in [9.17, 15) is 5.11 Å². The van der Waals surface area contributed by atoms with Gasteiger partial charge < -0.3 is 25.2 Å². The molecule has 0 radical (unpaired) electrons. The van der Waals surface area contributed by atoms with E-state index in [4.69, 9.17) is 14.5 Å². The van der Waals surface area contributed by atoms with Crippen LogP contribution in [-0.2, 0) is 10.2 Å². The first-order chi connectivity index (χ1) is 15.2. The van der Waals surface area contributed by atoms with Gasteiger partial charge in [-0.25, -0.2) is 0 Å². The molecule has 1 saturated carbocycles. The SMILES string of the molecule is CCNC(=NCC1(CCO)CCCCC1)NCC1(c2ccc(OC)cc2)CCOCC1.I. The second-order valence-electron chi connectivity index (χ2n) is 9.20. The van der Waals surface area contributed by atoms with Gasteiger partial charge in [0, 0.05) is 44.9 Å². The zero-order chi connectivity index (χ0) is 22.0. The average molecular weight is 560 g/mol. The summed E-state index contributed by atoms with van der Waals surface area (Å²) in [6, 6.07) is 8.48. The summed E-state index contributed by atoms with van der Waals surface area (Å²) in [7, 11) is 1.70. The number of halogens is 1. The van der Waals surface area contributed by atoms with E-state index >= 15 is 0 Å². The molecule has 0 amide bonds. The molecule has 0 bridgehead atoms. The summed E-state index contributed by atoms with van der Waals surface area (Å²) in [6.45, 7) is 6.34. The number of nitrogens with one attached hydrogen (secondary N) is 2. The molecule has 1 aliphatic carbocycles. The van der Waals surface area contributed by atoms with Crippen molar-refractivity contribution in [3.05, 3.63) is 29.8 Å². The summed E-state index contributed by atoms with van der Waals surface area (Å²) >= 11 is 0. The molecule has 0 unspecified atom stereocenters. The number of guanidine groups is 1. The molecule has 0 spiro atoms. The summed E-state index contributed by atoms with van der Waals surface area (Å²) in [5.41, 5.74) is 1.50. The van der Waals surface area contributed by atoms with Gasteiger partial charge in [0.2, 0.25) is 0 Å². The summed E-state index contributed by atoms with van der Waals surface area (Å²) < 4.78 is 11.0. The zero-order valence-electron chi connectivity index (χ0n) is 19.8. The van der Waals surface area contributed by atoms with Crippen molar-refractivity contribution in [1.82, 2.24) is 10.6 Å². The number of benzene rings is 1. The Hall–Kier alpha value is -1.06. The molecule has 182 valence electrons. The third-order valence-electron chi connectivity index (χ3n) is 7.22. The van der Waals surface area contributed by atoms with E-state index < -0.39 is 0 Å². The van der Waals surface area contributed by atoms with Crippen LogP contribution < -0.4 is 15.4 Å². The van der Waals surface area contributed by atoms with Crippen molar-refractivity contribution in [3.63, 3.8) is 0 Å². The van der Waals surface area contributed by atoms with Crippen molar-refractivity contribution in [3.8, 4) is 5.75 Å². The van der Waals surface area contributed by atoms with E-state index in [1.54, 1.807) is 7.11 Å². The number of aliphatic imine (C=N–C) groups is 1. The third-order valence-corrected chi connectivity index (χ3v) is 7.22. The van der Waals surface area contributed by atoms with Crippen LogP contribution in [0.2, 0.25) is 0 Å². The van der Waals surface area contributed by atoms with Crippen LogP contribution in [0.3, 0.4) is 0 Å². The largest absolute Gasteiger partial charge is 0.497 e. The molecule has 1 aromatic carbocycles. The minimum absolute atomic E-state index is 0. The summed E-state index contributed by atoms with van der Waals surface area (Å²) in [5, 5.41) is 16.7. The normalized spacial score (nSPS) is 20.2. The van der Waals surface area contributed by atoms with Gasteiger partial charge in [0.1, 0.15) is 5.75 Å². The summed E-state index contributed by atoms with van der Waals surface area (Å²) in [5.74, 6) is 1.76. The first-order valence-corrected chi connectivity index (χ1v) is 12.0. The topological polar surface area (TPSA) is 75.1 Å². The van der Waals surface area contributed by atoms with Crippen LogP contribution in [0.25, 0.3) is 0 Å². The molecule has 0 aromatic heterocycles. The molecule has 7 heteroatoms. The molecule has 1 aromatic rings. The van der Waals surface area contributed by atoms with Gasteiger partial charge in [0.05, 0.1) is 7.11 Å². The monoisotopic (exact) mass is 559 g/mol. The lowest BCUT2D eigenvalue weighted by atomic mass is 9.72. The molecule has 32 heavy (non-hydrogen) atoms. The van der Waals surface area contributed by atoms with Crippen LogP contribution in [-0.4, -0.2) is 57.6 Å². The summed E-state index contributed by atoms with van der Waals surface area (Å²) in [4.78, 5) is 5.00. The van der Waals surface area contributed by atoms with E-state index in [1.807, 2.05) is 12.1 Å². The van der Waals surface area contributed by atoms with Gasteiger partial charge in [0.15, 0.2) is 5.96 Å². The van der Waals surface area contributed by atoms with Crippen LogP contribution in [0.15, 0.2) is 29.3 Å². The first kappa shape index (κ1) is 27.2. The summed E-state index contributed by atoms with van der Waals surface area (Å²) in [6.07, 6.45) is 8.97. The molecule has 2 aliphatic rings. The average Bonchev–Trinajstić information content (AvgIpc) is 2.82. The van der Waals surface area contributed by atoms with E-state index in [1.165, 1.54) is 37.7 Å². The number of nitrogens with zero attached hydrogens (tertiary/aromatic N) is 1. The third kappa shape index (κ3) is 7.22. The van der Waals surface area contributed by atoms with Crippen LogP contribution in [0.5, 0.6) is 5.75 Å². The standard InChI is InChI=1S/C25H41N3O3.HI/c1-3-26-23(27-19-24(13-16-29)11-5-4-6-12-24)28-20-25(14-17-31-18-15-25)21-7-9-22(30-2)10-8-21;/h7-10,29H,3-6,11-20H2,1-2H3,(H2,26,27,28);1H. The molecule has 3 rings (SSSR count). The Bertz CT molecular complexity index is 679. The van der Waals surface area contributed by atoms with Gasteiger partial charge >= 0.3 is 0 Å². The van der Waals surface area contributed by atoms with Crippen LogP contribution in [0.4, 0.5) is 0 Å². The maximum absolute atomic E-state index is 9.62. The Balaban J connectivity index is 0.00000363. The van der Waals surface area contributed by atoms with Gasteiger partial charge in [-0.3, -0.25) is 4.99 Å². The fourth-order valence-electron chi connectivity index (χ4n) is 5.14. The van der Waals surface area contributed by atoms with Gasteiger partial charge in [-0.2, -0.15) is 0 Å². The molecule has 6 nitrogen and oxygen atoms in total. The van der Waals surface area contributed by atoms with Crippen LogP contribution in [0.1, 0.15) is 63.9 Å². The number of rotatable bonds is 9. The Kier molecular flexibility index (Phi) is 11.6. The second kappa shape index (κ2) is 13.6. The lowest BCUT2D eigenvalue weighted by Crippen LogP contribution is -2.48. The number of ether oxygens (including phenoxy) is 2. The highest BCUT2D eigenvalue weighted by atomic mass is 127. The Morgan fingerprint density at radius 1 is 1.06 bits per heavy atom. The quantitative estimate of drug-likeness (QED) is 0.240. The van der Waals surface area contributed by atoms with Gasteiger partial charge in [0.25, 0.3) is 0 Å². The Morgan fingerprint density at radius 2 is 1.75 bits per heavy atom. The molecule has 2 fully saturated rings. The number of aliphatic hydroxyl groups excluding tert-OH is 1. The van der Waals surface area contributed by atoms with Crippen LogP contribution in [0, 0.1) is 5.41 Å². The van der Waals surface area contributed by atoms with Crippen molar-refractivity contribution < 1.29 is 14.6 Å². The predicted octanol–water partition coefficient (Wildman–Crippen LogP) is 4.25. The highest BCUT2D eigenvalue weighted by molar-refractivity contribution is 14.0. The van der Waals surface area contributed by atoms with Crippen molar-refractivity contribution in [2.45, 2.75) is 63.7 Å². The molecule has 0 atom stereocenters. The van der Waals surface area contributed by atoms with E-state index in [0.29, 0.717) is 0 Å². The highest BCUT2D eigenvalue weighted by Gasteiger charge is 2.35. The molecule has 1 heterocycles. The number of aliphatic hydroxyl groups is 1. The van der Waals surface area contributed by atoms with E-state index in [2.05, 4.69) is 29.7 Å². The van der Waals surface area contributed by atoms with Gasteiger partial charge in [-0.15, -0.1) is 24.0 Å². The fourth-order valence-corrected chi connectivity index (χ4v) is 5.14. The molecular weight excluding hydrogens is 517 g/mol. The molecule has 3 N–H and O–H groups in total. The van der Waals surface area contributed by atoms with Crippen molar-refractivity contribution in [2.24, 2.45) is 10.4 Å². The van der Waals surface area contributed by atoms with Crippen LogP contribution >= 0.6 is 24.0 Å². The molecule has 1 saturated heterocycles. The lowest BCUT2D eigenvalue weighted by Gasteiger charge is -2.39. The molecular formula is C25H42IN3O3. The van der Waals surface area contributed by atoms with Gasteiger partial charge in [-0.1, -0.05) is 31.4 Å². The number of methoxy groups -OCH3 is 1. The predicted molar refractivity (Wildman–Crippen MR) is 141 cm³/mol. The maximum atomic E-state index is 9.62. The van der Waals surface area contributed by atoms with Crippen molar-refractivity contribution in [1.29, 1.82) is 0 Å². The first-order valence-electron chi connectivity index (χ1n) is 12.0. The second-order valence-corrected chi connectivity index (χ2v) is 9.20. The Labute approximate surface area is 211 Å². The number of hydrogen-bond donors (Lipinski definition) is 3. The smallest absolute Gasteiger partial charge is 0.191 e. The minimum atomic E-state index is 0. The fraction of sp³-hybridized carbons (Fsp3) is 0.720. The van der Waals surface area contributed by atoms with E-state index in [0.717, 1.165) is 63.8 Å². The van der Waals surface area contributed by atoms with E-state index in [-0.39, 0.29) is 41.4 Å². The van der Waals surface area contributed by atoms with Crippen molar-refractivity contribution in [2.75, 3.05) is 46.6 Å². The maximum Gasteiger partial charge on any atom is 0.191 e. The van der Waals surface area contributed by atoms with Crippen molar-refractivity contribution >= 4 is 29.9 Å². The lowest BCUT2D eigenvalue weighted by molar-refractivity contribution is 0.0513. The molecule has 1 aliphatic heterocycles. The highest BCUT2D eigenvalue weighted by Crippen LogP contribution is 2.39. The van der Waals surface area contributed by atoms with Gasteiger partial charge in [-0.05, 0) is 62.1 Å². The Morgan fingerprint density at radius 3 is 2.34 bits per heavy atom. The number of hydrogen-bond acceptors (Lipinski definition) is 4.